The number of aromatic nitrogens is 1. The van der Waals surface area contributed by atoms with Crippen molar-refractivity contribution in [3.8, 4) is 0 Å². The van der Waals surface area contributed by atoms with Crippen LogP contribution in [0.4, 0.5) is 0 Å². The molecular formula is C8H8N2O. The quantitative estimate of drug-likeness (QED) is 0.611. The molecule has 0 bridgehead atoms. The van der Waals surface area contributed by atoms with Crippen LogP contribution in [0.2, 0.25) is 0 Å². The smallest absolute Gasteiger partial charge is 0.0891 e. The fourth-order valence-electron chi connectivity index (χ4n) is 1.15. The fraction of sp³-hybridized carbons (Fsp3) is 0. The van der Waals surface area contributed by atoms with Gasteiger partial charge in [0.25, 0.3) is 0 Å². The summed E-state index contributed by atoms with van der Waals surface area (Å²) < 4.78 is 1.52. The van der Waals surface area contributed by atoms with Crippen LogP contribution in [0, 0.1) is 0 Å². The van der Waals surface area contributed by atoms with E-state index in [1.54, 1.807) is 6.20 Å². The van der Waals surface area contributed by atoms with Gasteiger partial charge in [-0.3, -0.25) is 0 Å². The molecule has 2 aromatic rings. The molecular weight excluding hydrogens is 140 g/mol. The van der Waals surface area contributed by atoms with Crippen LogP contribution in [0.15, 0.2) is 36.5 Å². The minimum atomic E-state index is 0.981. The van der Waals surface area contributed by atoms with E-state index in [0.29, 0.717) is 0 Å². The summed E-state index contributed by atoms with van der Waals surface area (Å²) in [6.07, 6.45) is 1.78. The van der Waals surface area contributed by atoms with E-state index in [4.69, 9.17) is 5.90 Å². The highest BCUT2D eigenvalue weighted by Gasteiger charge is 1.97. The number of nitrogens with zero attached hydrogens (tertiary/aromatic N) is 1. The first-order valence-corrected chi connectivity index (χ1v) is 3.35. The number of nitrogens with two attached hydrogens (primary N) is 1. The highest BCUT2D eigenvalue weighted by Crippen LogP contribution is 2.12. The molecule has 0 spiro atoms. The number of hydrogen-bond donors (Lipinski definition) is 1. The molecule has 0 aliphatic heterocycles. The summed E-state index contributed by atoms with van der Waals surface area (Å²) in [6.45, 7) is 0. The first-order valence-electron chi connectivity index (χ1n) is 3.35. The van der Waals surface area contributed by atoms with Crippen molar-refractivity contribution in [1.82, 2.24) is 4.73 Å². The van der Waals surface area contributed by atoms with E-state index in [1.807, 2.05) is 30.3 Å². The van der Waals surface area contributed by atoms with Gasteiger partial charge in [0.2, 0.25) is 0 Å². The Bertz CT molecular complexity index is 367. The molecule has 1 heterocycles. The number of hydrogen-bond acceptors (Lipinski definition) is 2. The second kappa shape index (κ2) is 2.29. The van der Waals surface area contributed by atoms with Gasteiger partial charge in [0.15, 0.2) is 0 Å². The third kappa shape index (κ3) is 0.860. The molecule has 1 aromatic heterocycles. The van der Waals surface area contributed by atoms with Gasteiger partial charge in [-0.25, -0.2) is 0 Å². The Labute approximate surface area is 63.9 Å². The van der Waals surface area contributed by atoms with Gasteiger partial charge in [-0.15, -0.1) is 5.90 Å². The van der Waals surface area contributed by atoms with E-state index in [2.05, 4.69) is 4.94 Å². The van der Waals surface area contributed by atoms with Gasteiger partial charge in [0, 0.05) is 11.6 Å². The van der Waals surface area contributed by atoms with Gasteiger partial charge in [-0.05, 0) is 12.1 Å². The summed E-state index contributed by atoms with van der Waals surface area (Å²) in [6, 6.07) is 9.82. The molecule has 0 amide bonds. The van der Waals surface area contributed by atoms with Crippen LogP contribution in [-0.2, 0) is 0 Å². The van der Waals surface area contributed by atoms with Crippen molar-refractivity contribution in [3.05, 3.63) is 36.5 Å². The van der Waals surface area contributed by atoms with Crippen LogP contribution in [0.25, 0.3) is 10.9 Å². The zero-order chi connectivity index (χ0) is 7.68. The summed E-state index contributed by atoms with van der Waals surface area (Å²) in [5.41, 5.74) is 0.981. The predicted octanol–water partition coefficient (Wildman–Crippen LogP) is 0.944. The Morgan fingerprint density at radius 1 is 1.18 bits per heavy atom. The van der Waals surface area contributed by atoms with Gasteiger partial charge < -0.3 is 4.94 Å². The van der Waals surface area contributed by atoms with Crippen molar-refractivity contribution in [3.63, 3.8) is 0 Å². The van der Waals surface area contributed by atoms with E-state index in [9.17, 15) is 0 Å². The van der Waals surface area contributed by atoms with Gasteiger partial charge >= 0.3 is 0 Å². The van der Waals surface area contributed by atoms with Crippen LogP contribution in [0.3, 0.4) is 0 Å². The molecule has 0 atom stereocenters. The van der Waals surface area contributed by atoms with Gasteiger partial charge in [-0.2, -0.15) is 4.73 Å². The fourth-order valence-corrected chi connectivity index (χ4v) is 1.15. The average Bonchev–Trinajstić information content (AvgIpc) is 2.47. The Morgan fingerprint density at radius 3 is 2.82 bits per heavy atom. The molecule has 0 unspecified atom stereocenters. The molecule has 0 radical (unpaired) electrons. The van der Waals surface area contributed by atoms with E-state index in [1.165, 1.54) is 4.73 Å². The second-order valence-corrected chi connectivity index (χ2v) is 2.31. The summed E-state index contributed by atoms with van der Waals surface area (Å²) in [5, 5.41) is 1.12. The minimum absolute atomic E-state index is 0.981. The van der Waals surface area contributed by atoms with Gasteiger partial charge in [0.05, 0.1) is 5.52 Å². The topological polar surface area (TPSA) is 40.2 Å². The highest BCUT2D eigenvalue weighted by atomic mass is 16.8. The summed E-state index contributed by atoms with van der Waals surface area (Å²) >= 11 is 0. The van der Waals surface area contributed by atoms with Crippen molar-refractivity contribution in [2.24, 2.45) is 5.90 Å². The van der Waals surface area contributed by atoms with Crippen LogP contribution in [0.5, 0.6) is 0 Å². The van der Waals surface area contributed by atoms with Crippen molar-refractivity contribution in [2.45, 2.75) is 0 Å². The molecule has 0 aliphatic carbocycles. The Balaban J connectivity index is 2.76. The van der Waals surface area contributed by atoms with Crippen molar-refractivity contribution in [1.29, 1.82) is 0 Å². The maximum absolute atomic E-state index is 5.02. The normalized spacial score (nSPS) is 10.3. The van der Waals surface area contributed by atoms with Crippen LogP contribution in [0.1, 0.15) is 0 Å². The van der Waals surface area contributed by atoms with Crippen molar-refractivity contribution in [2.75, 3.05) is 0 Å². The molecule has 2 rings (SSSR count). The molecule has 0 saturated heterocycles. The molecule has 11 heavy (non-hydrogen) atoms. The van der Waals surface area contributed by atoms with E-state index in [-0.39, 0.29) is 0 Å². The average molecular weight is 148 g/mol. The summed E-state index contributed by atoms with van der Waals surface area (Å²) in [5.74, 6) is 5.02. The predicted molar refractivity (Wildman–Crippen MR) is 42.7 cm³/mol. The van der Waals surface area contributed by atoms with Gasteiger partial charge in [-0.1, -0.05) is 18.2 Å². The number of rotatable bonds is 1. The first-order chi connectivity index (χ1) is 5.42. The molecule has 3 nitrogen and oxygen atoms in total. The van der Waals surface area contributed by atoms with E-state index in [0.717, 1.165) is 10.9 Å². The maximum atomic E-state index is 5.02. The van der Waals surface area contributed by atoms with E-state index >= 15 is 0 Å². The first kappa shape index (κ1) is 6.24. The third-order valence-electron chi connectivity index (χ3n) is 1.68. The molecule has 3 heteroatoms. The van der Waals surface area contributed by atoms with Crippen molar-refractivity contribution >= 4 is 10.9 Å². The van der Waals surface area contributed by atoms with Crippen LogP contribution < -0.4 is 10.8 Å². The highest BCUT2D eigenvalue weighted by molar-refractivity contribution is 5.79. The minimum Gasteiger partial charge on any atom is -0.321 e. The molecule has 0 aliphatic rings. The molecule has 2 N–H and O–H groups in total. The Morgan fingerprint density at radius 2 is 2.00 bits per heavy atom. The SMILES string of the molecule is NOn1ccc2ccccc21. The maximum Gasteiger partial charge on any atom is 0.0891 e. The number of benzene rings is 1. The third-order valence-corrected chi connectivity index (χ3v) is 1.68. The van der Waals surface area contributed by atoms with Gasteiger partial charge in [0.1, 0.15) is 0 Å². The largest absolute Gasteiger partial charge is 0.321 e. The zero-order valence-electron chi connectivity index (χ0n) is 5.90. The molecule has 0 fully saturated rings. The van der Waals surface area contributed by atoms with E-state index < -0.39 is 0 Å². The monoisotopic (exact) mass is 148 g/mol. The standard InChI is InChI=1S/C8H8N2O/c9-11-10-6-5-7-3-1-2-4-8(7)10/h1-6H,9H2. The number of fused-ring (bicyclic) bond motifs is 1. The Kier molecular flexibility index (Phi) is 1.30. The van der Waals surface area contributed by atoms with Crippen LogP contribution in [-0.4, -0.2) is 4.73 Å². The summed E-state index contributed by atoms with van der Waals surface area (Å²) in [4.78, 5) is 4.58. The van der Waals surface area contributed by atoms with Crippen molar-refractivity contribution < 1.29 is 4.94 Å². The number of para-hydroxylation sites is 1. The van der Waals surface area contributed by atoms with Crippen LogP contribution >= 0.6 is 0 Å². The zero-order valence-corrected chi connectivity index (χ0v) is 5.90. The lowest BCUT2D eigenvalue weighted by Crippen LogP contribution is -2.16. The lowest BCUT2D eigenvalue weighted by molar-refractivity contribution is 0.123. The molecule has 0 saturated carbocycles. The molecule has 56 valence electrons. The molecule has 1 aromatic carbocycles. The Hall–Kier alpha value is -1.48. The second-order valence-electron chi connectivity index (χ2n) is 2.31. The lowest BCUT2D eigenvalue weighted by atomic mass is 10.3. The lowest BCUT2D eigenvalue weighted by Gasteiger charge is -1.98. The summed E-state index contributed by atoms with van der Waals surface area (Å²) in [7, 11) is 0.